The van der Waals surface area contributed by atoms with Crippen LogP contribution in [0.5, 0.6) is 0 Å². The summed E-state index contributed by atoms with van der Waals surface area (Å²) in [4.78, 5) is 23.9. The molecule has 1 heterocycles. The molecule has 0 bridgehead atoms. The Balaban J connectivity index is 2.33. The lowest BCUT2D eigenvalue weighted by molar-refractivity contribution is -0.142. The Bertz CT molecular complexity index is 214. The minimum atomic E-state index is -0.362. The Morgan fingerprint density at radius 2 is 2.00 bits per heavy atom. The van der Waals surface area contributed by atoms with Crippen molar-refractivity contribution in [1.29, 1.82) is 0 Å². The van der Waals surface area contributed by atoms with Crippen LogP contribution in [0.25, 0.3) is 0 Å². The van der Waals surface area contributed by atoms with Crippen LogP contribution in [-0.2, 0) is 9.59 Å². The van der Waals surface area contributed by atoms with Crippen LogP contribution in [0.1, 0.15) is 19.8 Å². The number of rotatable bonds is 4. The monoisotopic (exact) mass is 217 g/mol. The highest BCUT2D eigenvalue weighted by Crippen LogP contribution is 2.13. The first kappa shape index (κ1) is 11.5. The van der Waals surface area contributed by atoms with E-state index in [0.29, 0.717) is 30.9 Å². The Hall–Kier alpha value is -0.550. The third-order valence-corrected chi connectivity index (χ3v) is 2.96. The van der Waals surface area contributed by atoms with Gasteiger partial charge in [-0.05, 0) is 19.8 Å². The number of carbonyl (C=O) groups is 2. The van der Waals surface area contributed by atoms with E-state index < -0.39 is 0 Å². The van der Waals surface area contributed by atoms with Gasteiger partial charge < -0.3 is 5.11 Å². The first-order valence-electron chi connectivity index (χ1n) is 4.70. The van der Waals surface area contributed by atoms with Crippen LogP contribution in [0.4, 0.5) is 0 Å². The molecule has 0 radical (unpaired) electrons. The van der Waals surface area contributed by atoms with Crippen molar-refractivity contribution in [3.8, 4) is 0 Å². The summed E-state index contributed by atoms with van der Waals surface area (Å²) in [6.45, 7) is 2.15. The van der Waals surface area contributed by atoms with Gasteiger partial charge in [-0.3, -0.25) is 14.5 Å². The summed E-state index contributed by atoms with van der Waals surface area (Å²) < 4.78 is 0. The minimum absolute atomic E-state index is 0.100. The molecule has 0 saturated carbocycles. The summed E-state index contributed by atoms with van der Waals surface area (Å²) >= 11 is 1.36. The zero-order chi connectivity index (χ0) is 10.6. The molecule has 1 fully saturated rings. The van der Waals surface area contributed by atoms with Gasteiger partial charge in [0.1, 0.15) is 0 Å². The van der Waals surface area contributed by atoms with Gasteiger partial charge >= 0.3 is 0 Å². The van der Waals surface area contributed by atoms with Crippen LogP contribution in [-0.4, -0.2) is 46.0 Å². The van der Waals surface area contributed by atoms with Crippen molar-refractivity contribution in [3.63, 3.8) is 0 Å². The van der Waals surface area contributed by atoms with Gasteiger partial charge in [0.2, 0.25) is 11.8 Å². The van der Waals surface area contributed by atoms with Crippen molar-refractivity contribution >= 4 is 23.6 Å². The normalized spacial score (nSPS) is 20.0. The molecule has 0 spiro atoms. The molecule has 4 nitrogen and oxygen atoms in total. The molecule has 1 atom stereocenters. The topological polar surface area (TPSA) is 57.6 Å². The van der Waals surface area contributed by atoms with E-state index in [1.165, 1.54) is 16.7 Å². The number of aliphatic hydroxyl groups excluding tert-OH is 1. The van der Waals surface area contributed by atoms with E-state index in [-0.39, 0.29) is 17.9 Å². The number of nitrogens with zero attached hydrogens (tertiary/aromatic N) is 1. The van der Waals surface area contributed by atoms with Gasteiger partial charge in [-0.25, -0.2) is 0 Å². The Labute approximate surface area is 87.7 Å². The molecule has 14 heavy (non-hydrogen) atoms. The lowest BCUT2D eigenvalue weighted by atomic mass is 10.2. The smallest absolute Gasteiger partial charge is 0.239 e. The number of thioether (sulfide) groups is 1. The predicted octanol–water partition coefficient (Wildman–Crippen LogP) is 0.249. The van der Waals surface area contributed by atoms with Crippen molar-refractivity contribution in [2.24, 2.45) is 0 Å². The zero-order valence-corrected chi connectivity index (χ0v) is 9.05. The van der Waals surface area contributed by atoms with Crippen molar-refractivity contribution < 1.29 is 14.7 Å². The van der Waals surface area contributed by atoms with E-state index in [1.807, 2.05) is 0 Å². The molecule has 0 aromatic carbocycles. The lowest BCUT2D eigenvalue weighted by Crippen LogP contribution is -2.43. The molecule has 1 N–H and O–H groups in total. The molecule has 2 amide bonds. The summed E-state index contributed by atoms with van der Waals surface area (Å²) in [7, 11) is 0. The van der Waals surface area contributed by atoms with E-state index in [0.717, 1.165) is 0 Å². The van der Waals surface area contributed by atoms with Crippen LogP contribution < -0.4 is 0 Å². The highest BCUT2D eigenvalue weighted by atomic mass is 32.2. The van der Waals surface area contributed by atoms with Gasteiger partial charge in [-0.1, -0.05) is 0 Å². The third kappa shape index (κ3) is 3.31. The molecule has 1 unspecified atom stereocenters. The van der Waals surface area contributed by atoms with E-state index in [4.69, 9.17) is 5.11 Å². The molecule has 1 rings (SSSR count). The highest BCUT2D eigenvalue weighted by Gasteiger charge is 2.25. The van der Waals surface area contributed by atoms with Crippen molar-refractivity contribution in [2.75, 3.05) is 18.1 Å². The number of imide groups is 1. The number of hydrogen-bond acceptors (Lipinski definition) is 4. The first-order valence-corrected chi connectivity index (χ1v) is 5.85. The maximum atomic E-state index is 11.3. The molecular weight excluding hydrogens is 202 g/mol. The average molecular weight is 217 g/mol. The van der Waals surface area contributed by atoms with Crippen LogP contribution in [0, 0.1) is 0 Å². The number of amides is 2. The molecule has 1 saturated heterocycles. The minimum Gasteiger partial charge on any atom is -0.393 e. The second-order valence-corrected chi connectivity index (χ2v) is 4.41. The lowest BCUT2D eigenvalue weighted by Gasteiger charge is -2.24. The number of aliphatic hydroxyl groups is 1. The maximum Gasteiger partial charge on any atom is 0.239 e. The summed E-state index contributed by atoms with van der Waals surface area (Å²) in [5.74, 6) is 0.606. The fraction of sp³-hybridized carbons (Fsp3) is 0.778. The summed E-state index contributed by atoms with van der Waals surface area (Å²) in [5.41, 5.74) is 0. The van der Waals surface area contributed by atoms with Gasteiger partial charge in [0, 0.05) is 6.54 Å². The quantitative estimate of drug-likeness (QED) is 0.686. The van der Waals surface area contributed by atoms with Crippen LogP contribution >= 0.6 is 11.8 Å². The standard InChI is InChI=1S/C9H15NO3S/c1-7(11)3-2-4-10-8(12)5-14-6-9(10)13/h7,11H,2-6H2,1H3. The molecule has 1 aliphatic rings. The number of hydrogen-bond donors (Lipinski definition) is 1. The van der Waals surface area contributed by atoms with E-state index in [9.17, 15) is 9.59 Å². The van der Waals surface area contributed by atoms with Crippen molar-refractivity contribution in [3.05, 3.63) is 0 Å². The van der Waals surface area contributed by atoms with Gasteiger partial charge in [0.05, 0.1) is 17.6 Å². The van der Waals surface area contributed by atoms with E-state index in [2.05, 4.69) is 0 Å². The van der Waals surface area contributed by atoms with Crippen LogP contribution in [0.15, 0.2) is 0 Å². The fourth-order valence-corrected chi connectivity index (χ4v) is 2.08. The third-order valence-electron chi connectivity index (χ3n) is 2.06. The highest BCUT2D eigenvalue weighted by molar-refractivity contribution is 8.00. The predicted molar refractivity (Wildman–Crippen MR) is 55.0 cm³/mol. The van der Waals surface area contributed by atoms with Gasteiger partial charge in [0.15, 0.2) is 0 Å². The molecular formula is C9H15NO3S. The van der Waals surface area contributed by atoms with Gasteiger partial charge in [0.25, 0.3) is 0 Å². The Kier molecular flexibility index (Phi) is 4.41. The maximum absolute atomic E-state index is 11.3. The second kappa shape index (κ2) is 5.36. The SMILES string of the molecule is CC(O)CCCN1C(=O)CSCC1=O. The zero-order valence-electron chi connectivity index (χ0n) is 8.23. The van der Waals surface area contributed by atoms with E-state index in [1.54, 1.807) is 6.92 Å². The van der Waals surface area contributed by atoms with E-state index >= 15 is 0 Å². The molecule has 80 valence electrons. The number of carbonyl (C=O) groups excluding carboxylic acids is 2. The first-order chi connectivity index (χ1) is 6.61. The molecule has 5 heteroatoms. The van der Waals surface area contributed by atoms with Crippen molar-refractivity contribution in [1.82, 2.24) is 4.90 Å². The van der Waals surface area contributed by atoms with Gasteiger partial charge in [-0.2, -0.15) is 0 Å². The largest absolute Gasteiger partial charge is 0.393 e. The summed E-state index contributed by atoms with van der Waals surface area (Å²) in [6.07, 6.45) is 0.948. The fourth-order valence-electron chi connectivity index (χ4n) is 1.31. The Morgan fingerprint density at radius 3 is 2.50 bits per heavy atom. The summed E-state index contributed by atoms with van der Waals surface area (Å²) in [6, 6.07) is 0. The van der Waals surface area contributed by atoms with Crippen LogP contribution in [0.2, 0.25) is 0 Å². The average Bonchev–Trinajstić information content (AvgIpc) is 2.09. The second-order valence-electron chi connectivity index (χ2n) is 3.42. The van der Waals surface area contributed by atoms with Gasteiger partial charge in [-0.15, -0.1) is 11.8 Å². The molecule has 0 aromatic rings. The molecule has 1 aliphatic heterocycles. The molecule has 0 aromatic heterocycles. The molecule has 0 aliphatic carbocycles. The summed E-state index contributed by atoms with van der Waals surface area (Å²) in [5, 5.41) is 9.02. The van der Waals surface area contributed by atoms with Crippen molar-refractivity contribution in [2.45, 2.75) is 25.9 Å². The van der Waals surface area contributed by atoms with Crippen LogP contribution in [0.3, 0.4) is 0 Å². The Morgan fingerprint density at radius 1 is 1.43 bits per heavy atom.